The van der Waals surface area contributed by atoms with Crippen LogP contribution in [-0.4, -0.2) is 18.1 Å². The van der Waals surface area contributed by atoms with E-state index in [1.807, 2.05) is 37.4 Å². The predicted molar refractivity (Wildman–Crippen MR) is 66.8 cm³/mol. The SMILES string of the molecule is COC(=O)CC(C)c1cnc2ccccc2c1. The standard InChI is InChI=1S/C14H15NO2/c1-10(7-14(16)17-2)12-8-11-5-3-4-6-13(11)15-9-12/h3-6,8-10H,7H2,1-2H3. The molecule has 17 heavy (non-hydrogen) atoms. The van der Waals surface area contributed by atoms with Crippen LogP contribution >= 0.6 is 0 Å². The maximum atomic E-state index is 11.2. The number of benzene rings is 1. The minimum atomic E-state index is -0.189. The van der Waals surface area contributed by atoms with Crippen LogP contribution in [0, 0.1) is 0 Å². The summed E-state index contributed by atoms with van der Waals surface area (Å²) < 4.78 is 4.67. The molecule has 0 aliphatic rings. The van der Waals surface area contributed by atoms with Crippen LogP contribution in [0.1, 0.15) is 24.8 Å². The topological polar surface area (TPSA) is 39.2 Å². The molecule has 0 bridgehead atoms. The molecule has 0 spiro atoms. The van der Waals surface area contributed by atoms with Gasteiger partial charge in [0.15, 0.2) is 0 Å². The zero-order valence-electron chi connectivity index (χ0n) is 10.0. The molecular weight excluding hydrogens is 214 g/mol. The Balaban J connectivity index is 2.26. The van der Waals surface area contributed by atoms with Gasteiger partial charge in [-0.3, -0.25) is 9.78 Å². The van der Waals surface area contributed by atoms with Gasteiger partial charge >= 0.3 is 5.97 Å². The second-order valence-electron chi connectivity index (χ2n) is 4.14. The molecule has 3 nitrogen and oxygen atoms in total. The van der Waals surface area contributed by atoms with E-state index in [9.17, 15) is 4.79 Å². The third-order valence-corrected chi connectivity index (χ3v) is 2.88. The number of para-hydroxylation sites is 1. The highest BCUT2D eigenvalue weighted by molar-refractivity contribution is 5.79. The van der Waals surface area contributed by atoms with E-state index in [4.69, 9.17) is 0 Å². The van der Waals surface area contributed by atoms with E-state index in [1.165, 1.54) is 7.11 Å². The third-order valence-electron chi connectivity index (χ3n) is 2.88. The smallest absolute Gasteiger partial charge is 0.306 e. The van der Waals surface area contributed by atoms with Crippen LogP contribution in [0.4, 0.5) is 0 Å². The van der Waals surface area contributed by atoms with Gasteiger partial charge in [0.25, 0.3) is 0 Å². The van der Waals surface area contributed by atoms with Gasteiger partial charge in [0.05, 0.1) is 19.0 Å². The second kappa shape index (κ2) is 4.95. The van der Waals surface area contributed by atoms with Gasteiger partial charge in [-0.1, -0.05) is 25.1 Å². The van der Waals surface area contributed by atoms with Crippen molar-refractivity contribution in [3.05, 3.63) is 42.1 Å². The monoisotopic (exact) mass is 229 g/mol. The number of carbonyl (C=O) groups excluding carboxylic acids is 1. The van der Waals surface area contributed by atoms with Crippen LogP contribution in [0.5, 0.6) is 0 Å². The van der Waals surface area contributed by atoms with E-state index in [-0.39, 0.29) is 11.9 Å². The molecule has 0 N–H and O–H groups in total. The first-order chi connectivity index (χ1) is 8.20. The molecular formula is C14H15NO2. The number of methoxy groups -OCH3 is 1. The molecule has 3 heteroatoms. The number of ether oxygens (including phenoxy) is 1. The van der Waals surface area contributed by atoms with E-state index in [2.05, 4.69) is 15.8 Å². The van der Waals surface area contributed by atoms with Gasteiger partial charge in [0.1, 0.15) is 0 Å². The van der Waals surface area contributed by atoms with Crippen LogP contribution in [0.2, 0.25) is 0 Å². The number of aromatic nitrogens is 1. The Hall–Kier alpha value is -1.90. The van der Waals surface area contributed by atoms with Crippen molar-refractivity contribution in [3.8, 4) is 0 Å². The minimum Gasteiger partial charge on any atom is -0.469 e. The van der Waals surface area contributed by atoms with Crippen molar-refractivity contribution >= 4 is 16.9 Å². The molecule has 0 aliphatic heterocycles. The summed E-state index contributed by atoms with van der Waals surface area (Å²) in [6, 6.07) is 10.0. The third kappa shape index (κ3) is 2.61. The molecule has 0 fully saturated rings. The van der Waals surface area contributed by atoms with E-state index < -0.39 is 0 Å². The Kier molecular flexibility index (Phi) is 3.38. The summed E-state index contributed by atoms with van der Waals surface area (Å²) in [6.07, 6.45) is 2.21. The summed E-state index contributed by atoms with van der Waals surface area (Å²) in [7, 11) is 1.41. The van der Waals surface area contributed by atoms with Crippen LogP contribution < -0.4 is 0 Å². The molecule has 1 heterocycles. The molecule has 0 aliphatic carbocycles. The first kappa shape index (κ1) is 11.6. The molecule has 0 saturated carbocycles. The van der Waals surface area contributed by atoms with Crippen molar-refractivity contribution in [2.75, 3.05) is 7.11 Å². The average Bonchev–Trinajstić information content (AvgIpc) is 2.38. The van der Waals surface area contributed by atoms with Gasteiger partial charge in [0, 0.05) is 11.6 Å². The number of hydrogen-bond acceptors (Lipinski definition) is 3. The lowest BCUT2D eigenvalue weighted by Gasteiger charge is -2.10. The van der Waals surface area contributed by atoms with E-state index >= 15 is 0 Å². The molecule has 2 aromatic rings. The summed E-state index contributed by atoms with van der Waals surface area (Å²) >= 11 is 0. The maximum absolute atomic E-state index is 11.2. The van der Waals surface area contributed by atoms with Gasteiger partial charge in [0.2, 0.25) is 0 Å². The van der Waals surface area contributed by atoms with E-state index in [1.54, 1.807) is 0 Å². The van der Waals surface area contributed by atoms with Crippen LogP contribution in [0.15, 0.2) is 36.5 Å². The molecule has 2 rings (SSSR count). The maximum Gasteiger partial charge on any atom is 0.306 e. The number of esters is 1. The van der Waals surface area contributed by atoms with Gasteiger partial charge in [-0.25, -0.2) is 0 Å². The zero-order chi connectivity index (χ0) is 12.3. The Morgan fingerprint density at radius 3 is 2.94 bits per heavy atom. The lowest BCUT2D eigenvalue weighted by Crippen LogP contribution is -2.06. The summed E-state index contributed by atoms with van der Waals surface area (Å²) in [5.41, 5.74) is 2.04. The summed E-state index contributed by atoms with van der Waals surface area (Å²) in [5.74, 6) is -0.0646. The largest absolute Gasteiger partial charge is 0.469 e. The number of hydrogen-bond donors (Lipinski definition) is 0. The Morgan fingerprint density at radius 1 is 1.41 bits per heavy atom. The lowest BCUT2D eigenvalue weighted by atomic mass is 9.98. The van der Waals surface area contributed by atoms with Crippen molar-refractivity contribution in [1.82, 2.24) is 4.98 Å². The predicted octanol–water partition coefficient (Wildman–Crippen LogP) is 2.90. The van der Waals surface area contributed by atoms with Crippen LogP contribution in [-0.2, 0) is 9.53 Å². The molecule has 88 valence electrons. The fraction of sp³-hybridized carbons (Fsp3) is 0.286. The highest BCUT2D eigenvalue weighted by atomic mass is 16.5. The molecule has 0 saturated heterocycles. The molecule has 1 unspecified atom stereocenters. The number of nitrogens with zero attached hydrogens (tertiary/aromatic N) is 1. The number of rotatable bonds is 3. The highest BCUT2D eigenvalue weighted by Crippen LogP contribution is 2.22. The minimum absolute atomic E-state index is 0.125. The van der Waals surface area contributed by atoms with Gasteiger partial charge in [-0.2, -0.15) is 0 Å². The Labute approximate surface area is 100 Å². The van der Waals surface area contributed by atoms with Gasteiger partial charge in [-0.15, -0.1) is 0 Å². The number of fused-ring (bicyclic) bond motifs is 1. The van der Waals surface area contributed by atoms with Gasteiger partial charge in [-0.05, 0) is 23.6 Å². The fourth-order valence-electron chi connectivity index (χ4n) is 1.81. The quantitative estimate of drug-likeness (QED) is 0.760. The summed E-state index contributed by atoms with van der Waals surface area (Å²) in [6.45, 7) is 2.00. The van der Waals surface area contributed by atoms with Crippen molar-refractivity contribution < 1.29 is 9.53 Å². The lowest BCUT2D eigenvalue weighted by molar-refractivity contribution is -0.140. The fourth-order valence-corrected chi connectivity index (χ4v) is 1.81. The Morgan fingerprint density at radius 2 is 2.18 bits per heavy atom. The van der Waals surface area contributed by atoms with Crippen molar-refractivity contribution in [2.45, 2.75) is 19.3 Å². The number of pyridine rings is 1. The first-order valence-corrected chi connectivity index (χ1v) is 5.62. The molecule has 0 radical (unpaired) electrons. The molecule has 0 amide bonds. The second-order valence-corrected chi connectivity index (χ2v) is 4.14. The highest BCUT2D eigenvalue weighted by Gasteiger charge is 2.12. The summed E-state index contributed by atoms with van der Waals surface area (Å²) in [5, 5.41) is 1.10. The van der Waals surface area contributed by atoms with E-state index in [0.29, 0.717) is 6.42 Å². The normalized spacial score (nSPS) is 12.4. The number of carbonyl (C=O) groups is 1. The average molecular weight is 229 g/mol. The Bertz CT molecular complexity index is 536. The zero-order valence-corrected chi connectivity index (χ0v) is 10.0. The molecule has 1 atom stereocenters. The molecule has 1 aromatic carbocycles. The first-order valence-electron chi connectivity index (χ1n) is 5.62. The van der Waals surface area contributed by atoms with Crippen LogP contribution in [0.3, 0.4) is 0 Å². The molecule has 1 aromatic heterocycles. The van der Waals surface area contributed by atoms with Crippen LogP contribution in [0.25, 0.3) is 10.9 Å². The summed E-state index contributed by atoms with van der Waals surface area (Å²) in [4.78, 5) is 15.6. The van der Waals surface area contributed by atoms with Gasteiger partial charge < -0.3 is 4.74 Å². The van der Waals surface area contributed by atoms with Crippen molar-refractivity contribution in [2.24, 2.45) is 0 Å². The van der Waals surface area contributed by atoms with Crippen molar-refractivity contribution in [1.29, 1.82) is 0 Å². The van der Waals surface area contributed by atoms with Crippen molar-refractivity contribution in [3.63, 3.8) is 0 Å². The van der Waals surface area contributed by atoms with E-state index in [0.717, 1.165) is 16.5 Å².